The number of phenolic OH excluding ortho intramolecular Hbond substituents is 1. The maximum absolute atomic E-state index is 15.3. The van der Waals surface area contributed by atoms with Gasteiger partial charge in [0.25, 0.3) is 0 Å². The highest BCUT2D eigenvalue weighted by atomic mass is 79.9. The third-order valence-corrected chi connectivity index (χ3v) is 15.3. The molecule has 15 heteroatoms. The Morgan fingerprint density at radius 2 is 0.977 bits per heavy atom. The fraction of sp³-hybridized carbons (Fsp3) is 0.389. The van der Waals surface area contributed by atoms with Gasteiger partial charge in [0, 0.05) is 31.4 Å². The Morgan fingerprint density at radius 3 is 1.37 bits per heavy atom. The van der Waals surface area contributed by atoms with Crippen LogP contribution in [0.1, 0.15) is 178 Å². The molecule has 2 aliphatic heterocycles. The molecule has 0 radical (unpaired) electrons. The monoisotopic (exact) mass is 1250 g/mol. The number of phenols is 1. The third kappa shape index (κ3) is 18.1. The van der Waals surface area contributed by atoms with Crippen molar-refractivity contribution in [2.75, 3.05) is 25.2 Å². The number of allylic oxidation sites excluding steroid dienone is 2. The van der Waals surface area contributed by atoms with Gasteiger partial charge >= 0.3 is 11.9 Å². The molecule has 12 nitrogen and oxygen atoms in total. The van der Waals surface area contributed by atoms with Crippen molar-refractivity contribution < 1.29 is 47.2 Å². The van der Waals surface area contributed by atoms with E-state index >= 15 is 8.78 Å². The number of aromatic hydroxyl groups is 1. The van der Waals surface area contributed by atoms with E-state index in [1.165, 1.54) is 0 Å². The number of hydrogen-bond donors (Lipinski definition) is 1. The quantitative estimate of drug-likeness (QED) is 0.0383. The lowest BCUT2D eigenvalue weighted by Crippen LogP contribution is -2.23. The summed E-state index contributed by atoms with van der Waals surface area (Å²) >= 11 is 3.25. The lowest BCUT2D eigenvalue weighted by Gasteiger charge is -2.23. The van der Waals surface area contributed by atoms with Gasteiger partial charge in [0.05, 0.1) is 28.4 Å². The second-order valence-electron chi connectivity index (χ2n) is 23.7. The molecular formula is C72H83BrF2N4O8. The fourth-order valence-corrected chi connectivity index (χ4v) is 11.2. The molecule has 2 aliphatic rings. The highest BCUT2D eigenvalue weighted by molar-refractivity contribution is 9.09. The van der Waals surface area contributed by atoms with E-state index in [-0.39, 0.29) is 35.7 Å². The van der Waals surface area contributed by atoms with Crippen molar-refractivity contribution in [1.82, 2.24) is 19.6 Å². The smallest absolute Gasteiger partial charge is 0.306 e. The van der Waals surface area contributed by atoms with Crippen molar-refractivity contribution in [1.29, 1.82) is 0 Å². The maximum Gasteiger partial charge on any atom is 0.306 e. The average molecular weight is 1250 g/mol. The first-order valence-electron chi connectivity index (χ1n) is 30.5. The molecule has 87 heavy (non-hydrogen) atoms. The number of rotatable bonds is 18. The topological polar surface area (TPSA) is 136 Å². The zero-order chi connectivity index (χ0) is 62.1. The minimum absolute atomic E-state index is 0.114. The van der Waals surface area contributed by atoms with Gasteiger partial charge in [-0.25, -0.2) is 9.36 Å². The van der Waals surface area contributed by atoms with Crippen LogP contribution in [-0.4, -0.2) is 73.0 Å². The van der Waals surface area contributed by atoms with Crippen LogP contribution in [-0.2, 0) is 28.5 Å². The van der Waals surface area contributed by atoms with E-state index in [4.69, 9.17) is 23.7 Å². The number of hydrogen-bond acceptors (Lipinski definition) is 10. The predicted molar refractivity (Wildman–Crippen MR) is 346 cm³/mol. The molecule has 6 aromatic carbocycles. The summed E-state index contributed by atoms with van der Waals surface area (Å²) in [7, 11) is 0. The van der Waals surface area contributed by atoms with Gasteiger partial charge < -0.3 is 28.8 Å². The van der Waals surface area contributed by atoms with E-state index in [9.17, 15) is 14.7 Å². The number of fused-ring (bicyclic) bond motifs is 2. The molecule has 2 saturated heterocycles. The molecular weight excluding hydrogens is 1170 g/mol. The van der Waals surface area contributed by atoms with Crippen molar-refractivity contribution in [2.45, 2.75) is 156 Å². The molecule has 10 rings (SSSR count). The van der Waals surface area contributed by atoms with Crippen molar-refractivity contribution in [3.8, 4) is 11.5 Å². The van der Waals surface area contributed by atoms with E-state index in [2.05, 4.69) is 70.3 Å². The second kappa shape index (κ2) is 30.9. The Labute approximate surface area is 519 Å². The Hall–Kier alpha value is -7.46. The van der Waals surface area contributed by atoms with Crippen LogP contribution in [0.5, 0.6) is 11.5 Å². The van der Waals surface area contributed by atoms with Gasteiger partial charge in [0.15, 0.2) is 12.5 Å². The number of carbonyl (C=O) groups is 2. The maximum atomic E-state index is 15.3. The zero-order valence-electron chi connectivity index (χ0n) is 51.6. The second-order valence-corrected chi connectivity index (χ2v) is 24.5. The van der Waals surface area contributed by atoms with Gasteiger partial charge in [-0.3, -0.25) is 9.59 Å². The predicted octanol–water partition coefficient (Wildman–Crippen LogP) is 18.2. The Bertz CT molecular complexity index is 3590. The van der Waals surface area contributed by atoms with Crippen LogP contribution in [0, 0.1) is 11.9 Å². The van der Waals surface area contributed by atoms with E-state index in [1.807, 2.05) is 145 Å². The molecule has 2 atom stereocenters. The van der Waals surface area contributed by atoms with Crippen LogP contribution >= 0.6 is 15.9 Å². The summed E-state index contributed by atoms with van der Waals surface area (Å²) in [6.45, 7) is 17.2. The third-order valence-electron chi connectivity index (χ3n) is 14.8. The minimum atomic E-state index is -0.489. The number of esters is 2. The van der Waals surface area contributed by atoms with Crippen molar-refractivity contribution >= 4 is 72.0 Å². The highest BCUT2D eigenvalue weighted by Crippen LogP contribution is 2.40. The van der Waals surface area contributed by atoms with E-state index in [0.29, 0.717) is 49.9 Å². The minimum Gasteiger partial charge on any atom is -0.508 e. The van der Waals surface area contributed by atoms with Gasteiger partial charge in [-0.2, -0.15) is 8.78 Å². The molecule has 2 unspecified atom stereocenters. The van der Waals surface area contributed by atoms with Crippen LogP contribution in [0.4, 0.5) is 8.78 Å². The first kappa shape index (κ1) is 65.5. The number of carbonyl (C=O) groups excluding carboxylic acids is 2. The summed E-state index contributed by atoms with van der Waals surface area (Å²) in [6, 6.07) is 47.5. The van der Waals surface area contributed by atoms with Crippen LogP contribution < -0.4 is 4.74 Å². The summed E-state index contributed by atoms with van der Waals surface area (Å²) in [5, 5.41) is 20.1. The Morgan fingerprint density at radius 1 is 0.563 bits per heavy atom. The van der Waals surface area contributed by atoms with Gasteiger partial charge in [-0.05, 0) is 210 Å². The fourth-order valence-electron chi connectivity index (χ4n) is 10.9. The van der Waals surface area contributed by atoms with Crippen LogP contribution in [0.2, 0.25) is 0 Å². The summed E-state index contributed by atoms with van der Waals surface area (Å²) in [5.74, 6) is -0.370. The molecule has 1 N–H and O–H groups in total. The van der Waals surface area contributed by atoms with Crippen molar-refractivity contribution in [3.63, 3.8) is 0 Å². The van der Waals surface area contributed by atoms with E-state index in [0.717, 1.165) is 136 Å². The number of aromatic nitrogens is 4. The first-order valence-corrected chi connectivity index (χ1v) is 31.7. The van der Waals surface area contributed by atoms with E-state index in [1.54, 1.807) is 21.5 Å². The number of nitrogens with zero attached hydrogens (tertiary/aromatic N) is 4. The zero-order valence-corrected chi connectivity index (χ0v) is 53.1. The highest BCUT2D eigenvalue weighted by Gasteiger charge is 2.25. The molecule has 0 bridgehead atoms. The van der Waals surface area contributed by atoms with Gasteiger partial charge in [0.1, 0.15) is 22.7 Å². The Balaban J connectivity index is 0.000000197. The lowest BCUT2D eigenvalue weighted by atomic mass is 9.88. The molecule has 0 saturated carbocycles. The van der Waals surface area contributed by atoms with Crippen LogP contribution in [0.25, 0.3) is 44.1 Å². The molecule has 2 fully saturated rings. The lowest BCUT2D eigenvalue weighted by molar-refractivity contribution is -0.156. The normalized spacial score (nSPS) is 15.9. The Kier molecular flexibility index (Phi) is 23.3. The number of benzene rings is 6. The number of halogens is 3. The van der Waals surface area contributed by atoms with E-state index < -0.39 is 17.5 Å². The number of alkyl halides is 1. The summed E-state index contributed by atoms with van der Waals surface area (Å²) in [4.78, 5) is 23.0. The van der Waals surface area contributed by atoms with Crippen molar-refractivity contribution in [2.24, 2.45) is 0 Å². The summed E-state index contributed by atoms with van der Waals surface area (Å²) in [5.41, 5.74) is 11.1. The summed E-state index contributed by atoms with van der Waals surface area (Å²) in [6.07, 6.45) is 9.15. The largest absolute Gasteiger partial charge is 0.508 e. The first-order chi connectivity index (χ1) is 41.8. The molecule has 2 aromatic heterocycles. The average Bonchev–Trinajstić information content (AvgIpc) is 2.06. The number of ether oxygens (including phenoxy) is 5. The van der Waals surface area contributed by atoms with Crippen molar-refractivity contribution in [3.05, 3.63) is 191 Å². The molecule has 0 aliphatic carbocycles. The van der Waals surface area contributed by atoms with Gasteiger partial charge in [-0.15, -0.1) is 10.2 Å². The molecule has 4 heterocycles. The standard InChI is InChI=1S/C36H41FN2O4.C28H27FN2O2.C8H15BrO2/c1-5-29(25-12-7-6-8-13-25)34(26-16-19-28(20-17-26)41-23-11-15-33(40)43-36(2,3)4)27-18-21-31-30(24-27)35(37)38-39(31)32-14-9-10-22-42-32;1-2-23(19-8-4-3-5-9-19)27(20-11-14-22(32)15-12-20)21-13-16-25-24(18-21)28(29)30-31(25)26-10-6-7-17-33-26;1-8(2,3)11-7(10)5-4-6-9/h6-8,12-13,16-21,24,32H,5,9-11,14-15,22-23H2,1-4H3;3-5,8-9,11-16,18,26,32H,2,6-7,10,17H2,1H3;4-6H2,1-3H3/b34-29+;27-23+;. The summed E-state index contributed by atoms with van der Waals surface area (Å²) < 4.78 is 61.9. The van der Waals surface area contributed by atoms with Gasteiger partial charge in [0.2, 0.25) is 11.9 Å². The SMILES string of the molecule is CC(C)(C)OC(=O)CCCBr.CC/C(=C(/c1ccc(O)cc1)c1ccc2c(c1)c(F)nn2C1CCCCO1)c1ccccc1.CC/C(=C(/c1ccc(OCCCC(=O)OC(C)(C)C)cc1)c1ccc2c(c1)c(F)nn2C1CCCCO1)c1ccccc1. The van der Waals surface area contributed by atoms with Crippen LogP contribution in [0.3, 0.4) is 0 Å². The van der Waals surface area contributed by atoms with Gasteiger partial charge in [-0.1, -0.05) is 127 Å². The van der Waals surface area contributed by atoms with Crippen LogP contribution in [0.15, 0.2) is 146 Å². The molecule has 460 valence electrons. The molecule has 8 aromatic rings. The molecule has 0 spiro atoms. The molecule has 0 amide bonds.